The van der Waals surface area contributed by atoms with E-state index in [0.29, 0.717) is 29.6 Å². The van der Waals surface area contributed by atoms with Crippen molar-refractivity contribution < 1.29 is 18.3 Å². The number of carbonyl (C=O) groups is 1. The van der Waals surface area contributed by atoms with Gasteiger partial charge in [-0.2, -0.15) is 0 Å². The standard InChI is InChI=1S/C24H17Br2F2NO2S2/c25-19-9-16(10-20(26)22(19)31-13-15-3-7-18(28)8-4-15)11-21-23(30)29(24(32)33-21)12-14-1-5-17(27)6-2-14/h1-10,21H,11-13H2/t21-/m0/s1. The summed E-state index contributed by atoms with van der Waals surface area (Å²) in [5.41, 5.74) is 2.61. The second kappa shape index (κ2) is 10.6. The summed E-state index contributed by atoms with van der Waals surface area (Å²) in [7, 11) is 0. The van der Waals surface area contributed by atoms with Crippen molar-refractivity contribution in [3.05, 3.63) is 97.9 Å². The summed E-state index contributed by atoms with van der Waals surface area (Å²) >= 11 is 13.9. The Hall–Kier alpha value is -1.81. The number of benzene rings is 3. The topological polar surface area (TPSA) is 29.5 Å². The molecule has 0 aromatic heterocycles. The van der Waals surface area contributed by atoms with E-state index in [1.165, 1.54) is 36.0 Å². The predicted octanol–water partition coefficient (Wildman–Crippen LogP) is 7.04. The maximum atomic E-state index is 13.2. The second-order valence-corrected chi connectivity index (χ2v) is 11.0. The Morgan fingerprint density at radius 1 is 0.909 bits per heavy atom. The highest BCUT2D eigenvalue weighted by molar-refractivity contribution is 9.11. The third-order valence-corrected chi connectivity index (χ3v) is 7.80. The molecule has 1 atom stereocenters. The zero-order valence-electron chi connectivity index (χ0n) is 17.1. The van der Waals surface area contributed by atoms with Gasteiger partial charge in [0.15, 0.2) is 0 Å². The average molecular weight is 613 g/mol. The molecule has 1 aliphatic rings. The zero-order valence-corrected chi connectivity index (χ0v) is 21.9. The third-order valence-electron chi connectivity index (χ3n) is 5.03. The molecule has 1 saturated heterocycles. The number of hydrogen-bond acceptors (Lipinski definition) is 4. The monoisotopic (exact) mass is 611 g/mol. The van der Waals surface area contributed by atoms with Crippen LogP contribution >= 0.6 is 55.8 Å². The molecule has 0 radical (unpaired) electrons. The number of amides is 1. The summed E-state index contributed by atoms with van der Waals surface area (Å²) in [4.78, 5) is 14.6. The molecule has 0 N–H and O–H groups in total. The maximum Gasteiger partial charge on any atom is 0.242 e. The van der Waals surface area contributed by atoms with E-state index in [4.69, 9.17) is 17.0 Å². The van der Waals surface area contributed by atoms with Crippen LogP contribution in [0.1, 0.15) is 16.7 Å². The highest BCUT2D eigenvalue weighted by Gasteiger charge is 2.37. The number of ether oxygens (including phenoxy) is 1. The Labute approximate surface area is 216 Å². The fourth-order valence-corrected chi connectivity index (χ4v) is 6.40. The zero-order chi connectivity index (χ0) is 23.5. The molecular formula is C24H17Br2F2NO2S2. The van der Waals surface area contributed by atoms with Crippen molar-refractivity contribution in [1.29, 1.82) is 0 Å². The lowest BCUT2D eigenvalue weighted by Crippen LogP contribution is -2.31. The van der Waals surface area contributed by atoms with E-state index in [-0.39, 0.29) is 22.8 Å². The van der Waals surface area contributed by atoms with Crippen molar-refractivity contribution in [1.82, 2.24) is 4.90 Å². The van der Waals surface area contributed by atoms with Crippen LogP contribution in [0.2, 0.25) is 0 Å². The number of carbonyl (C=O) groups excluding carboxylic acids is 1. The predicted molar refractivity (Wildman–Crippen MR) is 137 cm³/mol. The summed E-state index contributed by atoms with van der Waals surface area (Å²) in [5.74, 6) is -0.0387. The average Bonchev–Trinajstić information content (AvgIpc) is 3.03. The van der Waals surface area contributed by atoms with Gasteiger partial charge in [-0.05, 0) is 91.4 Å². The molecule has 1 heterocycles. The van der Waals surface area contributed by atoms with Gasteiger partial charge in [0.1, 0.15) is 28.3 Å². The molecule has 0 bridgehead atoms. The quantitative estimate of drug-likeness (QED) is 0.268. The Morgan fingerprint density at radius 3 is 2.03 bits per heavy atom. The fourth-order valence-electron chi connectivity index (χ4n) is 3.36. The molecular weight excluding hydrogens is 596 g/mol. The van der Waals surface area contributed by atoms with Crippen LogP contribution in [0.4, 0.5) is 8.78 Å². The van der Waals surface area contributed by atoms with Crippen LogP contribution in [0, 0.1) is 11.6 Å². The Kier molecular flexibility index (Phi) is 7.83. The highest BCUT2D eigenvalue weighted by Crippen LogP contribution is 2.38. The first kappa shape index (κ1) is 24.3. The number of nitrogens with zero attached hydrogens (tertiary/aromatic N) is 1. The Bertz CT molecular complexity index is 1170. The summed E-state index contributed by atoms with van der Waals surface area (Å²) < 4.78 is 34.2. The van der Waals surface area contributed by atoms with E-state index in [1.807, 2.05) is 12.1 Å². The van der Waals surface area contributed by atoms with Crippen molar-refractivity contribution in [2.75, 3.05) is 0 Å². The van der Waals surface area contributed by atoms with E-state index in [2.05, 4.69) is 31.9 Å². The third kappa shape index (κ3) is 6.01. The lowest BCUT2D eigenvalue weighted by molar-refractivity contribution is -0.126. The minimum atomic E-state index is -0.331. The van der Waals surface area contributed by atoms with Crippen LogP contribution in [0.3, 0.4) is 0 Å². The van der Waals surface area contributed by atoms with Crippen LogP contribution < -0.4 is 4.74 Å². The Morgan fingerprint density at radius 2 is 1.45 bits per heavy atom. The van der Waals surface area contributed by atoms with Gasteiger partial charge in [0.2, 0.25) is 5.91 Å². The van der Waals surface area contributed by atoms with Gasteiger partial charge < -0.3 is 4.74 Å². The van der Waals surface area contributed by atoms with Crippen LogP contribution in [0.15, 0.2) is 69.6 Å². The number of thioether (sulfide) groups is 1. The lowest BCUT2D eigenvalue weighted by atomic mass is 10.1. The van der Waals surface area contributed by atoms with Gasteiger partial charge in [-0.3, -0.25) is 9.69 Å². The minimum absolute atomic E-state index is 0.0572. The summed E-state index contributed by atoms with van der Waals surface area (Å²) in [6.07, 6.45) is 0.499. The van der Waals surface area contributed by atoms with Gasteiger partial charge in [-0.25, -0.2) is 8.78 Å². The molecule has 33 heavy (non-hydrogen) atoms. The first-order valence-electron chi connectivity index (χ1n) is 9.92. The summed E-state index contributed by atoms with van der Waals surface area (Å²) in [6.45, 7) is 0.616. The fraction of sp³-hybridized carbons (Fsp3) is 0.167. The van der Waals surface area contributed by atoms with Crippen LogP contribution in [-0.4, -0.2) is 20.4 Å². The van der Waals surface area contributed by atoms with Crippen molar-refractivity contribution in [3.8, 4) is 5.75 Å². The van der Waals surface area contributed by atoms with Gasteiger partial charge in [-0.1, -0.05) is 48.2 Å². The number of thiocarbonyl (C=S) groups is 1. The van der Waals surface area contributed by atoms with Crippen molar-refractivity contribution >= 4 is 66.1 Å². The number of halogens is 4. The lowest BCUT2D eigenvalue weighted by Gasteiger charge is -2.16. The van der Waals surface area contributed by atoms with Gasteiger partial charge in [-0.15, -0.1) is 0 Å². The molecule has 1 amide bonds. The molecule has 0 aliphatic carbocycles. The molecule has 4 rings (SSSR count). The number of hydrogen-bond donors (Lipinski definition) is 0. The SMILES string of the molecule is O=C1[C@H](Cc2cc(Br)c(OCc3ccc(F)cc3)c(Br)c2)SC(=S)N1Cc1ccc(F)cc1. The van der Waals surface area contributed by atoms with E-state index >= 15 is 0 Å². The highest BCUT2D eigenvalue weighted by atomic mass is 79.9. The van der Waals surface area contributed by atoms with Crippen molar-refractivity contribution in [3.63, 3.8) is 0 Å². The largest absolute Gasteiger partial charge is 0.487 e. The molecule has 3 nitrogen and oxygen atoms in total. The molecule has 1 fully saturated rings. The molecule has 0 spiro atoms. The molecule has 3 aromatic rings. The minimum Gasteiger partial charge on any atom is -0.487 e. The van der Waals surface area contributed by atoms with Crippen molar-refractivity contribution in [2.24, 2.45) is 0 Å². The van der Waals surface area contributed by atoms with Crippen LogP contribution in [0.25, 0.3) is 0 Å². The molecule has 0 unspecified atom stereocenters. The van der Waals surface area contributed by atoms with Gasteiger partial charge >= 0.3 is 0 Å². The summed E-state index contributed by atoms with van der Waals surface area (Å²) in [6, 6.07) is 16.0. The van der Waals surface area contributed by atoms with Crippen molar-refractivity contribution in [2.45, 2.75) is 24.8 Å². The van der Waals surface area contributed by atoms with Gasteiger partial charge in [0, 0.05) is 0 Å². The molecule has 170 valence electrons. The Balaban J connectivity index is 1.42. The van der Waals surface area contributed by atoms with E-state index in [1.54, 1.807) is 29.2 Å². The van der Waals surface area contributed by atoms with E-state index in [9.17, 15) is 13.6 Å². The normalized spacial score (nSPS) is 15.9. The molecule has 1 aliphatic heterocycles. The van der Waals surface area contributed by atoms with Crippen LogP contribution in [-0.2, 0) is 24.4 Å². The van der Waals surface area contributed by atoms with E-state index in [0.717, 1.165) is 25.6 Å². The van der Waals surface area contributed by atoms with Gasteiger partial charge in [0.25, 0.3) is 0 Å². The van der Waals surface area contributed by atoms with E-state index < -0.39 is 0 Å². The van der Waals surface area contributed by atoms with Gasteiger partial charge in [0.05, 0.1) is 20.7 Å². The molecule has 3 aromatic carbocycles. The molecule has 9 heteroatoms. The summed E-state index contributed by atoms with van der Waals surface area (Å²) in [5, 5.41) is -0.331. The van der Waals surface area contributed by atoms with Crippen LogP contribution in [0.5, 0.6) is 5.75 Å². The number of rotatable bonds is 7. The molecule has 0 saturated carbocycles. The first-order chi connectivity index (χ1) is 15.8. The maximum absolute atomic E-state index is 13.2. The first-order valence-corrected chi connectivity index (χ1v) is 12.8. The smallest absolute Gasteiger partial charge is 0.242 e. The second-order valence-electron chi connectivity index (χ2n) is 7.43.